The normalized spacial score (nSPS) is 9.50. The number of halogens is 1. The lowest BCUT2D eigenvalue weighted by molar-refractivity contribution is 1.42. The summed E-state index contributed by atoms with van der Waals surface area (Å²) in [5.74, 6) is 0. The average molecular weight is 194 g/mol. The minimum Gasteiger partial charge on any atom is -0.103 e. The van der Waals surface area contributed by atoms with Gasteiger partial charge in [0.2, 0.25) is 0 Å². The molecule has 34 valence electrons. The molecule has 0 N–H and O–H groups in total. The summed E-state index contributed by atoms with van der Waals surface area (Å²) >= 11 is 2.18. The van der Waals surface area contributed by atoms with Crippen LogP contribution in [0.4, 0.5) is 0 Å². The molecule has 0 aromatic heterocycles. The molecule has 0 aliphatic carbocycles. The van der Waals surface area contributed by atoms with Gasteiger partial charge in [-0.2, -0.15) is 0 Å². The molecule has 0 bridgehead atoms. The van der Waals surface area contributed by atoms with E-state index in [4.69, 9.17) is 0 Å². The first kappa shape index (κ1) is 6.21. The van der Waals surface area contributed by atoms with Crippen LogP contribution in [0, 0.1) is 0 Å². The van der Waals surface area contributed by atoms with Gasteiger partial charge in [0.05, 0.1) is 0 Å². The smallest absolute Gasteiger partial charge is 0.0164 e. The van der Waals surface area contributed by atoms with Gasteiger partial charge in [0, 0.05) is 0 Å². The Balaban J connectivity index is 2.85. The zero-order chi connectivity index (χ0) is 4.83. The lowest BCUT2D eigenvalue weighted by Gasteiger charge is -1.68. The minimum absolute atomic E-state index is 0.989. The van der Waals surface area contributed by atoms with Crippen molar-refractivity contribution in [3.05, 3.63) is 22.8 Å². The molecule has 6 heavy (non-hydrogen) atoms. The van der Waals surface area contributed by atoms with Crippen molar-refractivity contribution in [2.75, 3.05) is 0 Å². The van der Waals surface area contributed by atoms with Crippen LogP contribution in [0.15, 0.2) is 22.8 Å². The highest BCUT2D eigenvalue weighted by Gasteiger charge is 1.58. The van der Waals surface area contributed by atoms with Crippen LogP contribution in [-0.4, -0.2) is 0 Å². The fourth-order valence-corrected chi connectivity index (χ4v) is 0.441. The van der Waals surface area contributed by atoms with E-state index in [9.17, 15) is 0 Å². The van der Waals surface area contributed by atoms with E-state index in [1.165, 1.54) is 0 Å². The van der Waals surface area contributed by atoms with Crippen molar-refractivity contribution in [3.8, 4) is 0 Å². The fourth-order valence-electron chi connectivity index (χ4n) is 0.148. The predicted molar refractivity (Wildman–Crippen MR) is 38.0 cm³/mol. The maximum atomic E-state index is 3.54. The molecule has 0 saturated carbocycles. The molecule has 0 amide bonds. The Hall–Kier alpha value is 0.210. The van der Waals surface area contributed by atoms with Gasteiger partial charge in [0.1, 0.15) is 0 Å². The molecule has 0 saturated heterocycles. The Labute approximate surface area is 52.1 Å². The molecule has 0 aliphatic heterocycles. The van der Waals surface area contributed by atoms with Crippen molar-refractivity contribution < 1.29 is 0 Å². The first-order chi connectivity index (χ1) is 2.91. The van der Waals surface area contributed by atoms with Crippen LogP contribution in [0.1, 0.15) is 6.42 Å². The summed E-state index contributed by atoms with van der Waals surface area (Å²) in [4.78, 5) is 0. The quantitative estimate of drug-likeness (QED) is 0.468. The summed E-state index contributed by atoms with van der Waals surface area (Å²) in [6.07, 6.45) is 4.91. The second-order valence-corrected chi connectivity index (χ2v) is 1.61. The maximum absolute atomic E-state index is 3.54. The molecule has 0 fully saturated rings. The third-order valence-electron chi connectivity index (χ3n) is 0.392. The Morgan fingerprint density at radius 2 is 2.33 bits per heavy atom. The van der Waals surface area contributed by atoms with Crippen LogP contribution in [-0.2, 0) is 0 Å². The van der Waals surface area contributed by atoms with Crippen LogP contribution in [0.3, 0.4) is 0 Å². The predicted octanol–water partition coefficient (Wildman–Crippen LogP) is 2.51. The molecule has 0 aromatic carbocycles. The Morgan fingerprint density at radius 3 is 2.50 bits per heavy atom. The first-order valence-electron chi connectivity index (χ1n) is 1.78. The monoisotopic (exact) mass is 194 g/mol. The summed E-state index contributed by atoms with van der Waals surface area (Å²) in [5, 5.41) is 0. The number of rotatable bonds is 2. The number of allylic oxidation sites excluding steroid dienone is 2. The molecule has 0 aromatic rings. The molecule has 0 aliphatic rings. The minimum atomic E-state index is 0.989. The summed E-state index contributed by atoms with van der Waals surface area (Å²) in [5.41, 5.74) is 0. The topological polar surface area (TPSA) is 0 Å². The molecule has 0 radical (unpaired) electrons. The number of hydrogen-bond acceptors (Lipinski definition) is 0. The average Bonchev–Trinajstić information content (AvgIpc) is 1.61. The lowest BCUT2D eigenvalue weighted by Crippen LogP contribution is -1.46. The van der Waals surface area contributed by atoms with Gasteiger partial charge in [0.25, 0.3) is 0 Å². The Morgan fingerprint density at radius 1 is 1.67 bits per heavy atom. The van der Waals surface area contributed by atoms with Gasteiger partial charge in [-0.05, 0) is 10.5 Å². The summed E-state index contributed by atoms with van der Waals surface area (Å²) < 4.78 is 1.99. The second kappa shape index (κ2) is 5.21. The van der Waals surface area contributed by atoms with E-state index in [2.05, 4.69) is 29.2 Å². The molecule has 0 unspecified atom stereocenters. The van der Waals surface area contributed by atoms with E-state index in [-0.39, 0.29) is 0 Å². The molecule has 0 rings (SSSR count). The van der Waals surface area contributed by atoms with Crippen molar-refractivity contribution in [3.63, 3.8) is 0 Å². The Bertz CT molecular complexity index is 55.0. The van der Waals surface area contributed by atoms with E-state index in [0.717, 1.165) is 6.42 Å². The van der Waals surface area contributed by atoms with Gasteiger partial charge in [-0.1, -0.05) is 34.7 Å². The van der Waals surface area contributed by atoms with Gasteiger partial charge in [-0.25, -0.2) is 0 Å². The van der Waals surface area contributed by atoms with Gasteiger partial charge in [0.15, 0.2) is 0 Å². The molecule has 0 atom stereocenters. The van der Waals surface area contributed by atoms with Crippen LogP contribution < -0.4 is 0 Å². The largest absolute Gasteiger partial charge is 0.103 e. The SMILES string of the molecule is C=CCC=CI. The highest BCUT2D eigenvalue weighted by Crippen LogP contribution is 1.87. The third-order valence-corrected chi connectivity index (χ3v) is 0.900. The first-order valence-corrected chi connectivity index (χ1v) is 3.02. The van der Waals surface area contributed by atoms with Crippen LogP contribution in [0.5, 0.6) is 0 Å². The van der Waals surface area contributed by atoms with Gasteiger partial charge < -0.3 is 0 Å². The van der Waals surface area contributed by atoms with Gasteiger partial charge >= 0.3 is 0 Å². The van der Waals surface area contributed by atoms with Crippen molar-refractivity contribution in [2.45, 2.75) is 6.42 Å². The van der Waals surface area contributed by atoms with Crippen LogP contribution >= 0.6 is 22.6 Å². The maximum Gasteiger partial charge on any atom is -0.0164 e. The molecule has 0 heterocycles. The van der Waals surface area contributed by atoms with Crippen molar-refractivity contribution in [1.29, 1.82) is 0 Å². The van der Waals surface area contributed by atoms with E-state index in [0.29, 0.717) is 0 Å². The summed E-state index contributed by atoms with van der Waals surface area (Å²) in [6, 6.07) is 0. The van der Waals surface area contributed by atoms with Gasteiger partial charge in [-0.3, -0.25) is 0 Å². The van der Waals surface area contributed by atoms with E-state index in [1.54, 1.807) is 0 Å². The molecular weight excluding hydrogens is 187 g/mol. The highest BCUT2D eigenvalue weighted by atomic mass is 127. The van der Waals surface area contributed by atoms with Gasteiger partial charge in [-0.15, -0.1) is 6.58 Å². The zero-order valence-electron chi connectivity index (χ0n) is 3.52. The molecule has 1 heteroatoms. The van der Waals surface area contributed by atoms with Crippen LogP contribution in [0.2, 0.25) is 0 Å². The second-order valence-electron chi connectivity index (χ2n) is 0.886. The van der Waals surface area contributed by atoms with E-state index in [1.807, 2.05) is 16.2 Å². The van der Waals surface area contributed by atoms with Crippen molar-refractivity contribution in [1.82, 2.24) is 0 Å². The van der Waals surface area contributed by atoms with Crippen LogP contribution in [0.25, 0.3) is 0 Å². The van der Waals surface area contributed by atoms with Crippen molar-refractivity contribution >= 4 is 22.6 Å². The molecule has 0 nitrogen and oxygen atoms in total. The number of hydrogen-bond donors (Lipinski definition) is 0. The zero-order valence-corrected chi connectivity index (χ0v) is 5.68. The van der Waals surface area contributed by atoms with E-state index >= 15 is 0 Å². The molecule has 0 spiro atoms. The van der Waals surface area contributed by atoms with E-state index < -0.39 is 0 Å². The lowest BCUT2D eigenvalue weighted by atomic mass is 10.4. The molecular formula is C5H7I. The fraction of sp³-hybridized carbons (Fsp3) is 0.200. The van der Waals surface area contributed by atoms with Crippen molar-refractivity contribution in [2.24, 2.45) is 0 Å². The third kappa shape index (κ3) is 4.21. The highest BCUT2D eigenvalue weighted by molar-refractivity contribution is 14.1. The summed E-state index contributed by atoms with van der Waals surface area (Å²) in [6.45, 7) is 3.54. The standard InChI is InChI=1S/C5H7I/c1-2-3-4-5-6/h2,4-5H,1,3H2. The summed E-state index contributed by atoms with van der Waals surface area (Å²) in [7, 11) is 0. The Kier molecular flexibility index (Phi) is 5.39.